The maximum Gasteiger partial charge on any atom is 0.331 e. The molecular formula is C16H15ClF2O5. The third-order valence-electron chi connectivity index (χ3n) is 4.61. The molecule has 1 aliphatic carbocycles. The van der Waals surface area contributed by atoms with Gasteiger partial charge in [-0.1, -0.05) is 18.2 Å². The van der Waals surface area contributed by atoms with E-state index in [4.69, 9.17) is 11.6 Å². The number of hydrogen-bond donors (Lipinski definition) is 3. The summed E-state index contributed by atoms with van der Waals surface area (Å²) < 4.78 is 27.3. The van der Waals surface area contributed by atoms with Gasteiger partial charge in [-0.15, -0.1) is 11.6 Å². The van der Waals surface area contributed by atoms with Gasteiger partial charge in [-0.2, -0.15) is 0 Å². The molecule has 1 aromatic carbocycles. The van der Waals surface area contributed by atoms with Crippen molar-refractivity contribution >= 4 is 23.5 Å². The van der Waals surface area contributed by atoms with Gasteiger partial charge in [-0.3, -0.25) is 4.79 Å². The molecule has 1 aliphatic rings. The fourth-order valence-corrected chi connectivity index (χ4v) is 3.45. The van der Waals surface area contributed by atoms with Gasteiger partial charge in [0, 0.05) is 11.5 Å². The third kappa shape index (κ3) is 2.53. The lowest BCUT2D eigenvalue weighted by Gasteiger charge is -2.48. The van der Waals surface area contributed by atoms with E-state index in [1.807, 2.05) is 0 Å². The van der Waals surface area contributed by atoms with Crippen LogP contribution in [0, 0.1) is 5.41 Å². The second kappa shape index (κ2) is 6.05. The van der Waals surface area contributed by atoms with E-state index in [0.29, 0.717) is 0 Å². The highest BCUT2D eigenvalue weighted by Crippen LogP contribution is 2.58. The minimum atomic E-state index is -3.20. The predicted octanol–water partition coefficient (Wildman–Crippen LogP) is 3.22. The molecule has 5 nitrogen and oxygen atoms in total. The Balaban J connectivity index is 2.80. The normalized spacial score (nSPS) is 30.0. The van der Waals surface area contributed by atoms with Crippen LogP contribution in [-0.2, 0) is 9.59 Å². The molecule has 130 valence electrons. The molecule has 3 unspecified atom stereocenters. The lowest BCUT2D eigenvalue weighted by Crippen LogP contribution is -2.58. The third-order valence-corrected chi connectivity index (χ3v) is 5.32. The first-order valence-electron chi connectivity index (χ1n) is 6.98. The van der Waals surface area contributed by atoms with Gasteiger partial charge < -0.3 is 15.3 Å². The highest BCUT2D eigenvalue weighted by molar-refractivity contribution is 6.27. The Bertz CT molecular complexity index is 720. The van der Waals surface area contributed by atoms with Crippen LogP contribution in [0.25, 0.3) is 0 Å². The van der Waals surface area contributed by atoms with E-state index in [9.17, 15) is 33.7 Å². The minimum absolute atomic E-state index is 0.0823. The Morgan fingerprint density at radius 1 is 1.33 bits per heavy atom. The van der Waals surface area contributed by atoms with Crippen LogP contribution >= 0.6 is 11.6 Å². The van der Waals surface area contributed by atoms with Crippen molar-refractivity contribution in [2.75, 3.05) is 0 Å². The van der Waals surface area contributed by atoms with Gasteiger partial charge in [0.1, 0.15) is 16.0 Å². The molecule has 1 aromatic rings. The number of rotatable bonds is 4. The molecule has 24 heavy (non-hydrogen) atoms. The van der Waals surface area contributed by atoms with Gasteiger partial charge in [0.05, 0.1) is 0 Å². The molecule has 0 saturated carbocycles. The predicted molar refractivity (Wildman–Crippen MR) is 81.5 cm³/mol. The van der Waals surface area contributed by atoms with E-state index in [2.05, 4.69) is 0 Å². The van der Waals surface area contributed by atoms with Crippen molar-refractivity contribution in [2.24, 2.45) is 5.41 Å². The number of phenols is 1. The van der Waals surface area contributed by atoms with Gasteiger partial charge in [0.15, 0.2) is 0 Å². The maximum absolute atomic E-state index is 13.6. The van der Waals surface area contributed by atoms with Gasteiger partial charge in [-0.05, 0) is 31.0 Å². The molecule has 0 heterocycles. The zero-order chi connectivity index (χ0) is 18.3. The number of carboxylic acid groups (broad SMARTS) is 2. The van der Waals surface area contributed by atoms with Crippen LogP contribution in [0.2, 0.25) is 0 Å². The Labute approximate surface area is 141 Å². The zero-order valence-corrected chi connectivity index (χ0v) is 13.3. The zero-order valence-electron chi connectivity index (χ0n) is 12.5. The van der Waals surface area contributed by atoms with E-state index < -0.39 is 41.0 Å². The second-order valence-corrected chi connectivity index (χ2v) is 6.54. The number of carboxylic acids is 2. The molecular weight excluding hydrogens is 346 g/mol. The summed E-state index contributed by atoms with van der Waals surface area (Å²) in [5.41, 5.74) is -2.57. The van der Waals surface area contributed by atoms with Crippen LogP contribution in [0.3, 0.4) is 0 Å². The van der Waals surface area contributed by atoms with Crippen molar-refractivity contribution in [3.8, 4) is 5.75 Å². The molecule has 3 N–H and O–H groups in total. The van der Waals surface area contributed by atoms with Crippen LogP contribution in [0.5, 0.6) is 5.75 Å². The summed E-state index contributed by atoms with van der Waals surface area (Å²) in [6.07, 6.45) is -2.78. The summed E-state index contributed by atoms with van der Waals surface area (Å²) in [5, 5.41) is 28.7. The standard InChI is InChI=1S/C16H15ClF2O5/c1-15(14(23)24)11(8-3-2-4-9(20)7-8)10(12(21)22)5-6-16(15,17)13(18)19/h2-5,7,11,13,20H,6H2,1H3,(H,21,22)(H,23,24). The van der Waals surface area contributed by atoms with Gasteiger partial charge in [-0.25, -0.2) is 13.6 Å². The number of alkyl halides is 3. The van der Waals surface area contributed by atoms with E-state index >= 15 is 0 Å². The number of hydrogen-bond acceptors (Lipinski definition) is 3. The Morgan fingerprint density at radius 3 is 2.42 bits per heavy atom. The van der Waals surface area contributed by atoms with Crippen LogP contribution in [0.1, 0.15) is 24.8 Å². The maximum atomic E-state index is 13.6. The minimum Gasteiger partial charge on any atom is -0.508 e. The Hall–Kier alpha value is -2.15. The van der Waals surface area contributed by atoms with E-state index in [1.165, 1.54) is 18.2 Å². The summed E-state index contributed by atoms with van der Waals surface area (Å²) >= 11 is 6.04. The fourth-order valence-electron chi connectivity index (χ4n) is 3.18. The monoisotopic (exact) mass is 360 g/mol. The van der Waals surface area contributed by atoms with Gasteiger partial charge in [0.2, 0.25) is 0 Å². The topological polar surface area (TPSA) is 94.8 Å². The highest BCUT2D eigenvalue weighted by Gasteiger charge is 2.65. The number of benzene rings is 1. The van der Waals surface area contributed by atoms with Crippen molar-refractivity contribution in [1.29, 1.82) is 0 Å². The van der Waals surface area contributed by atoms with Crippen molar-refractivity contribution < 1.29 is 33.7 Å². The summed E-state index contributed by atoms with van der Waals surface area (Å²) in [7, 11) is 0. The first-order valence-corrected chi connectivity index (χ1v) is 7.36. The molecule has 0 spiro atoms. The highest BCUT2D eigenvalue weighted by atomic mass is 35.5. The number of carbonyl (C=O) groups is 2. The molecule has 8 heteroatoms. The number of aliphatic carboxylic acids is 2. The average Bonchev–Trinajstić information content (AvgIpc) is 2.48. The number of phenolic OH excluding ortho intramolecular Hbond substituents is 1. The van der Waals surface area contributed by atoms with Crippen LogP contribution in [-0.4, -0.2) is 38.6 Å². The van der Waals surface area contributed by atoms with Gasteiger partial charge in [0.25, 0.3) is 6.43 Å². The van der Waals surface area contributed by atoms with Crippen LogP contribution in [0.4, 0.5) is 8.78 Å². The molecule has 0 radical (unpaired) electrons. The summed E-state index contributed by atoms with van der Waals surface area (Å²) in [5.74, 6) is -4.77. The summed E-state index contributed by atoms with van der Waals surface area (Å²) in [6.45, 7) is 1.01. The first kappa shape index (κ1) is 18.2. The average molecular weight is 361 g/mol. The molecule has 0 amide bonds. The number of halogens is 3. The largest absolute Gasteiger partial charge is 0.508 e. The Morgan fingerprint density at radius 2 is 1.96 bits per heavy atom. The second-order valence-electron chi connectivity index (χ2n) is 5.87. The van der Waals surface area contributed by atoms with Crippen LogP contribution in [0.15, 0.2) is 35.9 Å². The number of aromatic hydroxyl groups is 1. The molecule has 0 fully saturated rings. The lowest BCUT2D eigenvalue weighted by molar-refractivity contribution is -0.156. The van der Waals surface area contributed by atoms with E-state index in [-0.39, 0.29) is 16.9 Å². The molecule has 0 saturated heterocycles. The SMILES string of the molecule is CC1(C(=O)O)C(c2cccc(O)c2)C(C(=O)O)=CCC1(Cl)C(F)F. The fraction of sp³-hybridized carbons (Fsp3) is 0.375. The summed E-state index contributed by atoms with van der Waals surface area (Å²) in [6, 6.07) is 5.20. The van der Waals surface area contributed by atoms with Crippen LogP contribution < -0.4 is 0 Å². The van der Waals surface area contributed by atoms with E-state index in [0.717, 1.165) is 19.1 Å². The van der Waals surface area contributed by atoms with Crippen molar-refractivity contribution in [1.82, 2.24) is 0 Å². The smallest absolute Gasteiger partial charge is 0.331 e. The van der Waals surface area contributed by atoms with Gasteiger partial charge >= 0.3 is 11.9 Å². The molecule has 0 bridgehead atoms. The quantitative estimate of drug-likeness (QED) is 0.717. The first-order chi connectivity index (χ1) is 11.1. The lowest BCUT2D eigenvalue weighted by atomic mass is 9.58. The molecule has 3 atom stereocenters. The molecule has 2 rings (SSSR count). The van der Waals surface area contributed by atoms with Crippen molar-refractivity contribution in [2.45, 2.75) is 30.6 Å². The van der Waals surface area contributed by atoms with Crippen molar-refractivity contribution in [3.05, 3.63) is 41.5 Å². The summed E-state index contributed by atoms with van der Waals surface area (Å²) in [4.78, 5) is 21.0. The van der Waals surface area contributed by atoms with Crippen molar-refractivity contribution in [3.63, 3.8) is 0 Å². The Kier molecular flexibility index (Phi) is 4.59. The molecule has 0 aromatic heterocycles. The number of allylic oxidation sites excluding steroid dienone is 1. The molecule has 0 aliphatic heterocycles. The van der Waals surface area contributed by atoms with E-state index in [1.54, 1.807) is 0 Å².